The highest BCUT2D eigenvalue weighted by atomic mass is 32.2. The first-order chi connectivity index (χ1) is 12.2. The van der Waals surface area contributed by atoms with Gasteiger partial charge in [0.25, 0.3) is 0 Å². The summed E-state index contributed by atoms with van der Waals surface area (Å²) in [6.45, 7) is 2.41. The molecule has 1 aromatic heterocycles. The van der Waals surface area contributed by atoms with Crippen LogP contribution in [-0.2, 0) is 5.54 Å². The van der Waals surface area contributed by atoms with Gasteiger partial charge in [-0.3, -0.25) is 0 Å². The lowest BCUT2D eigenvalue weighted by Gasteiger charge is -2.28. The monoisotopic (exact) mass is 350 g/mol. The molecule has 1 heterocycles. The first kappa shape index (κ1) is 17.6. The van der Waals surface area contributed by atoms with Gasteiger partial charge in [-0.1, -0.05) is 49.4 Å². The van der Waals surface area contributed by atoms with Gasteiger partial charge in [0, 0.05) is 17.0 Å². The molecule has 4 nitrogen and oxygen atoms in total. The zero-order valence-corrected chi connectivity index (χ0v) is 15.0. The van der Waals surface area contributed by atoms with Crippen molar-refractivity contribution in [1.29, 1.82) is 0 Å². The Labute approximate surface area is 152 Å². The second kappa shape index (κ2) is 7.78. The van der Waals surface area contributed by atoms with Crippen molar-refractivity contribution in [3.63, 3.8) is 0 Å². The lowest BCUT2D eigenvalue weighted by atomic mass is 9.87. The van der Waals surface area contributed by atoms with Crippen LogP contribution in [0.15, 0.2) is 71.9 Å². The number of thioether (sulfide) groups is 1. The van der Waals surface area contributed by atoms with Crippen LogP contribution in [0.4, 0.5) is 0 Å². The number of nitrogens with zero attached hydrogens (tertiary/aromatic N) is 2. The minimum atomic E-state index is -0.836. The van der Waals surface area contributed by atoms with Crippen molar-refractivity contribution < 1.29 is 0 Å². The van der Waals surface area contributed by atoms with Crippen LogP contribution in [0.25, 0.3) is 11.3 Å². The van der Waals surface area contributed by atoms with Crippen molar-refractivity contribution in [3.8, 4) is 11.3 Å². The molecular weight excluding hydrogens is 328 g/mol. The molecule has 128 valence electrons. The zero-order valence-electron chi connectivity index (χ0n) is 14.2. The van der Waals surface area contributed by atoms with E-state index in [0.717, 1.165) is 28.3 Å². The lowest BCUT2D eigenvalue weighted by Crippen LogP contribution is -2.45. The van der Waals surface area contributed by atoms with Crippen LogP contribution in [0, 0.1) is 0 Å². The van der Waals surface area contributed by atoms with Crippen molar-refractivity contribution in [2.45, 2.75) is 17.4 Å². The maximum atomic E-state index is 6.63. The zero-order chi connectivity index (χ0) is 17.7. The smallest absolute Gasteiger partial charge is 0.116 e. The molecule has 0 saturated heterocycles. The summed E-state index contributed by atoms with van der Waals surface area (Å²) in [7, 11) is 0. The van der Waals surface area contributed by atoms with Crippen LogP contribution in [0.5, 0.6) is 0 Å². The van der Waals surface area contributed by atoms with Crippen LogP contribution in [-0.4, -0.2) is 22.3 Å². The molecule has 4 N–H and O–H groups in total. The predicted octanol–water partition coefficient (Wildman–Crippen LogP) is 3.42. The average Bonchev–Trinajstić information content (AvgIpc) is 2.69. The minimum Gasteiger partial charge on any atom is -0.328 e. The molecule has 1 atom stereocenters. The van der Waals surface area contributed by atoms with Crippen molar-refractivity contribution in [2.75, 3.05) is 12.3 Å². The molecule has 0 saturated carbocycles. The van der Waals surface area contributed by atoms with E-state index in [2.05, 4.69) is 41.2 Å². The highest BCUT2D eigenvalue weighted by Crippen LogP contribution is 2.28. The van der Waals surface area contributed by atoms with Gasteiger partial charge in [0.15, 0.2) is 0 Å². The molecule has 2 aromatic carbocycles. The van der Waals surface area contributed by atoms with Gasteiger partial charge in [-0.2, -0.15) is 0 Å². The van der Waals surface area contributed by atoms with Gasteiger partial charge in [0.1, 0.15) is 6.33 Å². The van der Waals surface area contributed by atoms with E-state index >= 15 is 0 Å². The largest absolute Gasteiger partial charge is 0.328 e. The van der Waals surface area contributed by atoms with Gasteiger partial charge in [-0.15, -0.1) is 11.8 Å². The van der Waals surface area contributed by atoms with Crippen LogP contribution in [0.1, 0.15) is 18.2 Å². The Hall–Kier alpha value is -2.21. The summed E-state index contributed by atoms with van der Waals surface area (Å²) in [5.74, 6) is 1.06. The summed E-state index contributed by atoms with van der Waals surface area (Å²) in [5, 5.41) is 0. The summed E-state index contributed by atoms with van der Waals surface area (Å²) in [4.78, 5) is 10.1. The van der Waals surface area contributed by atoms with Gasteiger partial charge >= 0.3 is 0 Å². The van der Waals surface area contributed by atoms with E-state index in [-0.39, 0.29) is 6.54 Å². The van der Waals surface area contributed by atoms with E-state index in [1.165, 1.54) is 4.90 Å². The fraction of sp³-hybridized carbons (Fsp3) is 0.200. The quantitative estimate of drug-likeness (QED) is 0.666. The molecular formula is C20H22N4S. The Bertz CT molecular complexity index is 821. The second-order valence-electron chi connectivity index (χ2n) is 5.79. The number of benzene rings is 2. The van der Waals surface area contributed by atoms with Crippen molar-refractivity contribution in [2.24, 2.45) is 11.5 Å². The van der Waals surface area contributed by atoms with Gasteiger partial charge < -0.3 is 11.5 Å². The van der Waals surface area contributed by atoms with Crippen molar-refractivity contribution >= 4 is 11.8 Å². The SMILES string of the molecule is CCSc1ccc(-c2cc(C(N)(CN)c3ccccc3)ncn2)cc1. The molecule has 25 heavy (non-hydrogen) atoms. The molecule has 0 radical (unpaired) electrons. The number of rotatable bonds is 6. The first-order valence-corrected chi connectivity index (χ1v) is 9.26. The molecule has 3 aromatic rings. The van der Waals surface area contributed by atoms with Gasteiger partial charge in [-0.25, -0.2) is 9.97 Å². The topological polar surface area (TPSA) is 77.8 Å². The van der Waals surface area contributed by atoms with Crippen LogP contribution < -0.4 is 11.5 Å². The molecule has 0 bridgehead atoms. The molecule has 3 rings (SSSR count). The Kier molecular flexibility index (Phi) is 5.48. The Morgan fingerprint density at radius 3 is 2.36 bits per heavy atom. The number of hydrogen-bond donors (Lipinski definition) is 2. The minimum absolute atomic E-state index is 0.263. The fourth-order valence-corrected chi connectivity index (χ4v) is 3.42. The summed E-state index contributed by atoms with van der Waals surface area (Å²) in [6.07, 6.45) is 1.56. The van der Waals surface area contributed by atoms with E-state index in [4.69, 9.17) is 11.5 Å². The summed E-state index contributed by atoms with van der Waals surface area (Å²) >= 11 is 1.82. The second-order valence-corrected chi connectivity index (χ2v) is 7.12. The van der Waals surface area contributed by atoms with E-state index in [1.807, 2.05) is 48.2 Å². The standard InChI is InChI=1S/C20H22N4S/c1-2-25-17-10-8-15(9-11-17)18-12-19(24-14-23-18)20(22,13-21)16-6-4-3-5-7-16/h3-12,14H,2,13,21-22H2,1H3. The molecule has 0 amide bonds. The maximum Gasteiger partial charge on any atom is 0.116 e. The molecule has 0 aliphatic rings. The Balaban J connectivity index is 1.98. The lowest BCUT2D eigenvalue weighted by molar-refractivity contribution is 0.533. The Morgan fingerprint density at radius 1 is 1.00 bits per heavy atom. The van der Waals surface area contributed by atoms with Crippen LogP contribution in [0.3, 0.4) is 0 Å². The Morgan fingerprint density at radius 2 is 1.72 bits per heavy atom. The van der Waals surface area contributed by atoms with E-state index in [0.29, 0.717) is 0 Å². The van der Waals surface area contributed by atoms with Crippen LogP contribution in [0.2, 0.25) is 0 Å². The van der Waals surface area contributed by atoms with Gasteiger partial charge in [0.05, 0.1) is 16.9 Å². The van der Waals surface area contributed by atoms with Crippen molar-refractivity contribution in [1.82, 2.24) is 9.97 Å². The number of aromatic nitrogens is 2. The van der Waals surface area contributed by atoms with Crippen molar-refractivity contribution in [3.05, 3.63) is 78.2 Å². The molecule has 0 spiro atoms. The van der Waals surface area contributed by atoms with E-state index in [9.17, 15) is 0 Å². The van der Waals surface area contributed by atoms with Crippen LogP contribution >= 0.6 is 11.8 Å². The summed E-state index contributed by atoms with van der Waals surface area (Å²) < 4.78 is 0. The summed E-state index contributed by atoms with van der Waals surface area (Å²) in [5.41, 5.74) is 15.4. The average molecular weight is 350 g/mol. The molecule has 0 aliphatic carbocycles. The predicted molar refractivity (Wildman–Crippen MR) is 104 cm³/mol. The third kappa shape index (κ3) is 3.74. The number of hydrogen-bond acceptors (Lipinski definition) is 5. The van der Waals surface area contributed by atoms with E-state index in [1.54, 1.807) is 6.33 Å². The maximum absolute atomic E-state index is 6.63. The van der Waals surface area contributed by atoms with Gasteiger partial charge in [0.2, 0.25) is 0 Å². The first-order valence-electron chi connectivity index (χ1n) is 8.27. The third-order valence-corrected chi connectivity index (χ3v) is 5.09. The molecule has 5 heteroatoms. The normalized spacial score (nSPS) is 13.4. The summed E-state index contributed by atoms with van der Waals surface area (Å²) in [6, 6.07) is 20.1. The highest BCUT2D eigenvalue weighted by Gasteiger charge is 2.30. The molecule has 0 fully saturated rings. The van der Waals surface area contributed by atoms with Gasteiger partial charge in [-0.05, 0) is 29.5 Å². The molecule has 0 aliphatic heterocycles. The number of nitrogens with two attached hydrogens (primary N) is 2. The third-order valence-electron chi connectivity index (χ3n) is 4.20. The fourth-order valence-electron chi connectivity index (χ4n) is 2.75. The highest BCUT2D eigenvalue weighted by molar-refractivity contribution is 7.99. The van der Waals surface area contributed by atoms with E-state index < -0.39 is 5.54 Å². The molecule has 1 unspecified atom stereocenters.